The van der Waals surface area contributed by atoms with Crippen LogP contribution in [0.2, 0.25) is 5.02 Å². The Morgan fingerprint density at radius 1 is 1.17 bits per heavy atom. The van der Waals surface area contributed by atoms with Crippen molar-refractivity contribution < 1.29 is 9.34 Å². The summed E-state index contributed by atoms with van der Waals surface area (Å²) in [6, 6.07) is 10.4. The van der Waals surface area contributed by atoms with Crippen molar-refractivity contribution >= 4 is 34.3 Å². The van der Waals surface area contributed by atoms with Crippen molar-refractivity contribution in [2.45, 2.75) is 12.8 Å². The summed E-state index contributed by atoms with van der Waals surface area (Å²) in [5, 5.41) is 12.7. The van der Waals surface area contributed by atoms with E-state index in [1.165, 1.54) is 6.07 Å². The molecule has 0 radical (unpaired) electrons. The maximum atomic E-state index is 11.4. The number of hydrogen-bond donors (Lipinski definition) is 0. The van der Waals surface area contributed by atoms with Gasteiger partial charge in [-0.1, -0.05) is 42.0 Å². The third-order valence-corrected chi connectivity index (χ3v) is 4.34. The van der Waals surface area contributed by atoms with Gasteiger partial charge in [0.25, 0.3) is 5.69 Å². The Kier molecular flexibility index (Phi) is 3.20. The number of halogens is 1. The van der Waals surface area contributed by atoms with E-state index in [2.05, 4.69) is 12.2 Å². The topological polar surface area (TPSA) is 56.3 Å². The average Bonchev–Trinajstić information content (AvgIpc) is 2.93. The molecule has 3 aromatic rings. The molecule has 0 amide bonds. The average molecular weight is 326 g/mol. The van der Waals surface area contributed by atoms with E-state index in [9.17, 15) is 10.1 Å². The van der Waals surface area contributed by atoms with Crippen molar-refractivity contribution in [1.29, 1.82) is 0 Å². The maximum absolute atomic E-state index is 11.4. The number of furan rings is 1. The van der Waals surface area contributed by atoms with Crippen LogP contribution in [0.25, 0.3) is 28.2 Å². The highest BCUT2D eigenvalue weighted by atomic mass is 35.5. The smallest absolute Gasteiger partial charge is 0.278 e. The first-order valence-corrected chi connectivity index (χ1v) is 7.68. The fourth-order valence-corrected chi connectivity index (χ4v) is 3.23. The van der Waals surface area contributed by atoms with Crippen LogP contribution in [0.4, 0.5) is 5.69 Å². The van der Waals surface area contributed by atoms with Crippen molar-refractivity contribution in [3.8, 4) is 11.1 Å². The quantitative estimate of drug-likeness (QED) is 0.454. The van der Waals surface area contributed by atoms with Crippen molar-refractivity contribution in [1.82, 2.24) is 0 Å². The Hall–Kier alpha value is -2.59. The largest absolute Gasteiger partial charge is 0.460 e. The molecule has 0 saturated heterocycles. The number of para-hydroxylation sites is 1. The standard InChI is InChI=1S/C18H12ClNO3/c19-11-8-9-12(16(10-11)20(21)22)14-5-3-6-15-13-4-1-2-7-17(13)23-18(14)15/h1,3-6,8-10H,2,7H2. The Morgan fingerprint density at radius 3 is 2.87 bits per heavy atom. The third-order valence-electron chi connectivity index (χ3n) is 4.10. The lowest BCUT2D eigenvalue weighted by atomic mass is 9.98. The lowest BCUT2D eigenvalue weighted by molar-refractivity contribution is -0.384. The molecule has 4 nitrogen and oxygen atoms in total. The summed E-state index contributed by atoms with van der Waals surface area (Å²) in [4.78, 5) is 11.0. The van der Waals surface area contributed by atoms with Gasteiger partial charge in [0.2, 0.25) is 0 Å². The predicted octanol–water partition coefficient (Wildman–Crippen LogP) is 5.62. The number of hydrogen-bond acceptors (Lipinski definition) is 3. The van der Waals surface area contributed by atoms with Gasteiger partial charge in [-0.25, -0.2) is 0 Å². The molecule has 0 N–H and O–H groups in total. The fourth-order valence-electron chi connectivity index (χ4n) is 3.07. The van der Waals surface area contributed by atoms with Gasteiger partial charge in [-0.05, 0) is 18.6 Å². The van der Waals surface area contributed by atoms with Gasteiger partial charge in [-0.2, -0.15) is 0 Å². The van der Waals surface area contributed by atoms with Gasteiger partial charge < -0.3 is 4.42 Å². The number of fused-ring (bicyclic) bond motifs is 3. The maximum Gasteiger partial charge on any atom is 0.278 e. The molecule has 5 heteroatoms. The summed E-state index contributed by atoms with van der Waals surface area (Å²) in [5.74, 6) is 0.937. The molecule has 0 bridgehead atoms. The number of nitrogens with zero attached hydrogens (tertiary/aromatic N) is 1. The summed E-state index contributed by atoms with van der Waals surface area (Å²) in [7, 11) is 0. The molecule has 114 valence electrons. The number of rotatable bonds is 2. The molecule has 0 aliphatic heterocycles. The number of nitro groups is 1. The Morgan fingerprint density at radius 2 is 2.04 bits per heavy atom. The lowest BCUT2D eigenvalue weighted by Crippen LogP contribution is -1.92. The zero-order valence-electron chi connectivity index (χ0n) is 12.1. The van der Waals surface area contributed by atoms with E-state index in [1.807, 2.05) is 18.2 Å². The van der Waals surface area contributed by atoms with Crippen LogP contribution in [0.15, 0.2) is 46.9 Å². The van der Waals surface area contributed by atoms with Gasteiger partial charge in [-0.15, -0.1) is 0 Å². The van der Waals surface area contributed by atoms with E-state index >= 15 is 0 Å². The van der Waals surface area contributed by atoms with E-state index in [4.69, 9.17) is 16.0 Å². The van der Waals surface area contributed by atoms with Crippen molar-refractivity contribution in [2.24, 2.45) is 0 Å². The third kappa shape index (κ3) is 2.23. The minimum absolute atomic E-state index is 0.0186. The molecule has 2 aromatic carbocycles. The summed E-state index contributed by atoms with van der Waals surface area (Å²) < 4.78 is 6.03. The minimum Gasteiger partial charge on any atom is -0.460 e. The highest BCUT2D eigenvalue weighted by Crippen LogP contribution is 2.40. The molecule has 1 heterocycles. The first-order valence-electron chi connectivity index (χ1n) is 7.30. The van der Waals surface area contributed by atoms with Crippen molar-refractivity contribution in [3.05, 3.63) is 68.9 Å². The van der Waals surface area contributed by atoms with Crippen LogP contribution in [-0.2, 0) is 6.42 Å². The van der Waals surface area contributed by atoms with E-state index in [0.29, 0.717) is 21.7 Å². The second kappa shape index (κ2) is 5.25. The molecule has 1 aliphatic carbocycles. The lowest BCUT2D eigenvalue weighted by Gasteiger charge is -2.04. The molecule has 1 aliphatic rings. The molecule has 23 heavy (non-hydrogen) atoms. The number of nitro benzene ring substituents is 1. The van der Waals surface area contributed by atoms with Crippen LogP contribution >= 0.6 is 11.6 Å². The summed E-state index contributed by atoms with van der Waals surface area (Å²) in [6.45, 7) is 0. The molecule has 0 atom stereocenters. The highest BCUT2D eigenvalue weighted by molar-refractivity contribution is 6.31. The molecule has 4 rings (SSSR count). The molecule has 1 aromatic heterocycles. The second-order valence-electron chi connectivity index (χ2n) is 5.48. The van der Waals surface area contributed by atoms with Gasteiger partial charge in [0, 0.05) is 34.0 Å². The van der Waals surface area contributed by atoms with E-state index < -0.39 is 4.92 Å². The zero-order valence-corrected chi connectivity index (χ0v) is 12.8. The molecule has 0 saturated carbocycles. The van der Waals surface area contributed by atoms with Crippen LogP contribution in [0.5, 0.6) is 0 Å². The zero-order chi connectivity index (χ0) is 16.0. The van der Waals surface area contributed by atoms with Crippen LogP contribution in [-0.4, -0.2) is 4.92 Å². The summed E-state index contributed by atoms with van der Waals surface area (Å²) in [6.07, 6.45) is 5.98. The molecular formula is C18H12ClNO3. The second-order valence-corrected chi connectivity index (χ2v) is 5.92. The molecule has 0 fully saturated rings. The molecular weight excluding hydrogens is 314 g/mol. The highest BCUT2D eigenvalue weighted by Gasteiger charge is 2.22. The van der Waals surface area contributed by atoms with Crippen LogP contribution < -0.4 is 0 Å². The van der Waals surface area contributed by atoms with Crippen molar-refractivity contribution in [3.63, 3.8) is 0 Å². The van der Waals surface area contributed by atoms with Crippen LogP contribution in [0.3, 0.4) is 0 Å². The van der Waals surface area contributed by atoms with Gasteiger partial charge in [0.15, 0.2) is 0 Å². The van der Waals surface area contributed by atoms with Crippen LogP contribution in [0, 0.1) is 10.1 Å². The number of benzene rings is 2. The first kappa shape index (κ1) is 14.0. The minimum atomic E-state index is -0.414. The van der Waals surface area contributed by atoms with E-state index in [1.54, 1.807) is 12.1 Å². The first-order chi connectivity index (χ1) is 11.1. The van der Waals surface area contributed by atoms with Gasteiger partial charge >= 0.3 is 0 Å². The van der Waals surface area contributed by atoms with Crippen molar-refractivity contribution in [2.75, 3.05) is 0 Å². The fraction of sp³-hybridized carbons (Fsp3) is 0.111. The Labute approximate surface area is 137 Å². The molecule has 0 spiro atoms. The Balaban J connectivity index is 2.02. The summed E-state index contributed by atoms with van der Waals surface area (Å²) in [5.41, 5.74) is 2.97. The predicted molar refractivity (Wildman–Crippen MR) is 90.7 cm³/mol. The Bertz CT molecular complexity index is 972. The van der Waals surface area contributed by atoms with E-state index in [0.717, 1.165) is 29.6 Å². The summed E-state index contributed by atoms with van der Waals surface area (Å²) >= 11 is 5.91. The number of allylic oxidation sites excluding steroid dienone is 1. The normalized spacial score (nSPS) is 13.3. The van der Waals surface area contributed by atoms with E-state index in [-0.39, 0.29) is 5.69 Å². The molecule has 0 unspecified atom stereocenters. The SMILES string of the molecule is O=[N+]([O-])c1cc(Cl)ccc1-c1cccc2c3c(oc12)CCC=C3. The van der Waals surface area contributed by atoms with Gasteiger partial charge in [0.05, 0.1) is 10.5 Å². The number of aryl methyl sites for hydroxylation is 1. The van der Waals surface area contributed by atoms with Crippen LogP contribution in [0.1, 0.15) is 17.7 Å². The van der Waals surface area contributed by atoms with Gasteiger partial charge in [-0.3, -0.25) is 10.1 Å². The monoisotopic (exact) mass is 325 g/mol. The van der Waals surface area contributed by atoms with Gasteiger partial charge in [0.1, 0.15) is 11.3 Å².